The number of amidine groups is 1. The van der Waals surface area contributed by atoms with Gasteiger partial charge in [-0.05, 0) is 37.6 Å². The summed E-state index contributed by atoms with van der Waals surface area (Å²) in [6.45, 7) is 2.67. The molecule has 3 rings (SSSR count). The lowest BCUT2D eigenvalue weighted by Crippen LogP contribution is -2.48. The lowest BCUT2D eigenvalue weighted by atomic mass is 10.0. The van der Waals surface area contributed by atoms with E-state index in [1.54, 1.807) is 19.2 Å². The van der Waals surface area contributed by atoms with Gasteiger partial charge in [0.05, 0.1) is 28.9 Å². The topological polar surface area (TPSA) is 57.2 Å². The molecule has 2 aliphatic rings. The minimum absolute atomic E-state index is 0.0252. The molecule has 1 saturated heterocycles. The molecule has 0 bridgehead atoms. The number of nitrogens with one attached hydrogen (secondary N) is 1. The summed E-state index contributed by atoms with van der Waals surface area (Å²) < 4.78 is 5.28. The Balaban J connectivity index is 1.56. The molecule has 1 N–H and O–H groups in total. The van der Waals surface area contributed by atoms with E-state index >= 15 is 0 Å². The molecular formula is C18H24Cl2N4O2. The van der Waals surface area contributed by atoms with E-state index in [1.165, 1.54) is 6.42 Å². The molecule has 1 aromatic rings. The van der Waals surface area contributed by atoms with Crippen molar-refractivity contribution >= 4 is 40.6 Å². The number of piperidine rings is 1. The van der Waals surface area contributed by atoms with Crippen molar-refractivity contribution in [3.63, 3.8) is 0 Å². The average molecular weight is 399 g/mol. The van der Waals surface area contributed by atoms with Gasteiger partial charge in [-0.15, -0.1) is 0 Å². The molecule has 0 radical (unpaired) electrons. The number of nitrogens with zero attached hydrogens (tertiary/aromatic N) is 3. The van der Waals surface area contributed by atoms with Gasteiger partial charge in [0.15, 0.2) is 0 Å². The van der Waals surface area contributed by atoms with Crippen molar-refractivity contribution in [2.45, 2.75) is 31.7 Å². The molecule has 0 spiro atoms. The van der Waals surface area contributed by atoms with Gasteiger partial charge in [0.1, 0.15) is 5.84 Å². The van der Waals surface area contributed by atoms with Crippen molar-refractivity contribution in [3.8, 4) is 0 Å². The molecular weight excluding hydrogens is 375 g/mol. The number of rotatable bonds is 5. The number of carbonyl (C=O) groups is 1. The molecule has 142 valence electrons. The Hall–Kier alpha value is -1.34. The van der Waals surface area contributed by atoms with Gasteiger partial charge in [-0.2, -0.15) is 5.10 Å². The number of hydrogen-bond acceptors (Lipinski definition) is 5. The summed E-state index contributed by atoms with van der Waals surface area (Å²) in [5.74, 6) is 0.657. The highest BCUT2D eigenvalue weighted by Crippen LogP contribution is 2.28. The average Bonchev–Trinajstić information content (AvgIpc) is 3.07. The molecule has 1 unspecified atom stereocenters. The summed E-state index contributed by atoms with van der Waals surface area (Å²) in [6.07, 6.45) is 4.08. The number of methoxy groups -OCH3 is 1. The van der Waals surface area contributed by atoms with Crippen LogP contribution >= 0.6 is 23.2 Å². The molecule has 2 heterocycles. The van der Waals surface area contributed by atoms with Crippen LogP contribution in [0.2, 0.25) is 10.0 Å². The lowest BCUT2D eigenvalue weighted by Gasteiger charge is -2.34. The number of halogens is 2. The summed E-state index contributed by atoms with van der Waals surface area (Å²) in [5, 5.41) is 10.3. The Morgan fingerprint density at radius 1 is 1.31 bits per heavy atom. The van der Waals surface area contributed by atoms with Gasteiger partial charge in [0.25, 0.3) is 0 Å². The lowest BCUT2D eigenvalue weighted by molar-refractivity contribution is -0.122. The number of carbonyl (C=O) groups excluding carboxylic acids is 1. The van der Waals surface area contributed by atoms with Crippen LogP contribution in [0.5, 0.6) is 0 Å². The van der Waals surface area contributed by atoms with Crippen LogP contribution < -0.4 is 10.3 Å². The Morgan fingerprint density at radius 2 is 2.15 bits per heavy atom. The second-order valence-electron chi connectivity index (χ2n) is 6.64. The van der Waals surface area contributed by atoms with Crippen molar-refractivity contribution in [2.75, 3.05) is 38.4 Å². The zero-order chi connectivity index (χ0) is 18.5. The van der Waals surface area contributed by atoms with E-state index in [-0.39, 0.29) is 5.91 Å². The predicted molar refractivity (Wildman–Crippen MR) is 105 cm³/mol. The number of ether oxygens (including phenoxy) is 1. The van der Waals surface area contributed by atoms with Gasteiger partial charge >= 0.3 is 0 Å². The van der Waals surface area contributed by atoms with Crippen LogP contribution in [0.15, 0.2) is 23.3 Å². The van der Waals surface area contributed by atoms with Gasteiger partial charge in [-0.25, -0.2) is 0 Å². The van der Waals surface area contributed by atoms with E-state index in [1.807, 2.05) is 11.1 Å². The van der Waals surface area contributed by atoms with Crippen LogP contribution in [0.1, 0.15) is 25.7 Å². The first kappa shape index (κ1) is 19.4. The quantitative estimate of drug-likeness (QED) is 0.827. The fraction of sp³-hybridized carbons (Fsp3) is 0.556. The van der Waals surface area contributed by atoms with Crippen molar-refractivity contribution in [2.24, 2.45) is 5.10 Å². The van der Waals surface area contributed by atoms with Crippen LogP contribution in [0.3, 0.4) is 0 Å². The van der Waals surface area contributed by atoms with Gasteiger partial charge in [-0.3, -0.25) is 14.7 Å². The first-order valence-electron chi connectivity index (χ1n) is 8.89. The zero-order valence-electron chi connectivity index (χ0n) is 14.9. The monoisotopic (exact) mass is 398 g/mol. The predicted octanol–water partition coefficient (Wildman–Crippen LogP) is 3.13. The standard InChI is InChI=1S/C18H24Cl2N4O2/c1-26-12-14-4-2-3-8-23(14)11-18(25)21-17-7-9-24(22-17)13-5-6-15(19)16(20)10-13/h5-6,10,14H,2-4,7-9,11-12H2,1H3,(H,21,22,25). The molecule has 0 aliphatic carbocycles. The first-order chi connectivity index (χ1) is 12.6. The molecule has 6 nitrogen and oxygen atoms in total. The SMILES string of the molecule is COCC1CCCCN1CC(=O)NC1=NN(c2ccc(Cl)c(Cl)c2)CC1. The second-order valence-corrected chi connectivity index (χ2v) is 7.46. The van der Waals surface area contributed by atoms with Gasteiger partial charge in [0, 0.05) is 26.1 Å². The van der Waals surface area contributed by atoms with E-state index in [2.05, 4.69) is 15.3 Å². The Kier molecular flexibility index (Phi) is 6.75. The molecule has 8 heteroatoms. The maximum atomic E-state index is 12.4. The van der Waals surface area contributed by atoms with E-state index in [0.29, 0.717) is 48.0 Å². The summed E-state index contributed by atoms with van der Waals surface area (Å²) in [6, 6.07) is 5.71. The normalized spacial score (nSPS) is 21.0. The van der Waals surface area contributed by atoms with Crippen molar-refractivity contribution in [3.05, 3.63) is 28.2 Å². The van der Waals surface area contributed by atoms with E-state index < -0.39 is 0 Å². The van der Waals surface area contributed by atoms with Gasteiger partial charge in [0.2, 0.25) is 5.91 Å². The number of benzene rings is 1. The third-order valence-electron chi connectivity index (χ3n) is 4.74. The van der Waals surface area contributed by atoms with Crippen LogP contribution in [0, 0.1) is 0 Å². The molecule has 2 aliphatic heterocycles. The summed E-state index contributed by atoms with van der Waals surface area (Å²) in [7, 11) is 1.71. The highest BCUT2D eigenvalue weighted by Gasteiger charge is 2.25. The third kappa shape index (κ3) is 4.88. The number of hydrogen-bond donors (Lipinski definition) is 1. The highest BCUT2D eigenvalue weighted by molar-refractivity contribution is 6.42. The van der Waals surface area contributed by atoms with Crippen LogP contribution in [-0.2, 0) is 9.53 Å². The third-order valence-corrected chi connectivity index (χ3v) is 5.48. The minimum atomic E-state index is -0.0252. The fourth-order valence-electron chi connectivity index (χ4n) is 3.41. The molecule has 0 aromatic heterocycles. The van der Waals surface area contributed by atoms with Crippen LogP contribution in [0.25, 0.3) is 0 Å². The second kappa shape index (κ2) is 9.04. The molecule has 0 saturated carbocycles. The Morgan fingerprint density at radius 3 is 2.92 bits per heavy atom. The molecule has 1 amide bonds. The maximum absolute atomic E-state index is 12.4. The summed E-state index contributed by atoms with van der Waals surface area (Å²) in [5.41, 5.74) is 0.861. The van der Waals surface area contributed by atoms with E-state index in [9.17, 15) is 4.79 Å². The number of likely N-dealkylation sites (tertiary alicyclic amines) is 1. The molecule has 1 atom stereocenters. The van der Waals surface area contributed by atoms with Gasteiger partial charge in [-0.1, -0.05) is 29.6 Å². The number of anilines is 1. The van der Waals surface area contributed by atoms with Crippen molar-refractivity contribution in [1.82, 2.24) is 10.2 Å². The van der Waals surface area contributed by atoms with Crippen LogP contribution in [-0.4, -0.2) is 56.0 Å². The Labute approximate surface area is 164 Å². The fourth-order valence-corrected chi connectivity index (χ4v) is 3.70. The van der Waals surface area contributed by atoms with Crippen LogP contribution in [0.4, 0.5) is 5.69 Å². The van der Waals surface area contributed by atoms with Crippen molar-refractivity contribution < 1.29 is 9.53 Å². The highest BCUT2D eigenvalue weighted by atomic mass is 35.5. The first-order valence-corrected chi connectivity index (χ1v) is 9.65. The summed E-state index contributed by atoms with van der Waals surface area (Å²) in [4.78, 5) is 14.6. The largest absolute Gasteiger partial charge is 0.383 e. The Bertz CT molecular complexity index is 681. The number of amides is 1. The smallest absolute Gasteiger partial charge is 0.239 e. The number of hydrazone groups is 1. The van der Waals surface area contributed by atoms with Gasteiger partial charge < -0.3 is 10.1 Å². The zero-order valence-corrected chi connectivity index (χ0v) is 16.4. The van der Waals surface area contributed by atoms with E-state index in [0.717, 1.165) is 25.1 Å². The summed E-state index contributed by atoms with van der Waals surface area (Å²) >= 11 is 12.0. The maximum Gasteiger partial charge on any atom is 0.239 e. The molecule has 1 aromatic carbocycles. The van der Waals surface area contributed by atoms with Crippen molar-refractivity contribution in [1.29, 1.82) is 0 Å². The minimum Gasteiger partial charge on any atom is -0.383 e. The molecule has 26 heavy (non-hydrogen) atoms. The molecule has 1 fully saturated rings. The van der Waals surface area contributed by atoms with E-state index in [4.69, 9.17) is 27.9 Å².